The summed E-state index contributed by atoms with van der Waals surface area (Å²) in [5.74, 6) is -0.227. The molecule has 2 rings (SSSR count). The zero-order valence-electron chi connectivity index (χ0n) is 11.2. The number of hydrogen-bond acceptors (Lipinski definition) is 2. The van der Waals surface area contributed by atoms with Gasteiger partial charge in [-0.1, -0.05) is 39.7 Å². The lowest BCUT2D eigenvalue weighted by molar-refractivity contribution is 0.0939. The molecule has 0 aliphatic rings. The Kier molecular flexibility index (Phi) is 4.78. The van der Waals surface area contributed by atoms with Gasteiger partial charge >= 0.3 is 0 Å². The second-order valence-electron chi connectivity index (χ2n) is 4.56. The van der Waals surface area contributed by atoms with Gasteiger partial charge in [0, 0.05) is 16.4 Å². The van der Waals surface area contributed by atoms with Gasteiger partial charge in [-0.3, -0.25) is 9.78 Å². The molecule has 0 aliphatic carbocycles. The summed E-state index contributed by atoms with van der Waals surface area (Å²) in [4.78, 5) is 16.3. The summed E-state index contributed by atoms with van der Waals surface area (Å²) in [6, 6.07) is 9.38. The van der Waals surface area contributed by atoms with Crippen molar-refractivity contribution in [3.8, 4) is 0 Å². The number of nitrogens with zero attached hydrogens (tertiary/aromatic N) is 1. The van der Waals surface area contributed by atoms with Gasteiger partial charge in [0.25, 0.3) is 5.91 Å². The van der Waals surface area contributed by atoms with Crippen LogP contribution >= 0.6 is 27.5 Å². The molecule has 1 atom stereocenters. The number of rotatable bonds is 3. The quantitative estimate of drug-likeness (QED) is 0.894. The number of hydrogen-bond donors (Lipinski definition) is 1. The number of carbonyl (C=O) groups excluding carboxylic acids is 1. The van der Waals surface area contributed by atoms with Crippen LogP contribution in [0.1, 0.15) is 34.6 Å². The second kappa shape index (κ2) is 6.37. The number of amides is 1. The summed E-state index contributed by atoms with van der Waals surface area (Å²) in [5.41, 5.74) is 2.19. The Morgan fingerprint density at radius 1 is 1.40 bits per heavy atom. The molecule has 0 bridgehead atoms. The molecule has 5 heteroatoms. The maximum atomic E-state index is 12.2. The number of benzene rings is 1. The maximum absolute atomic E-state index is 12.2. The van der Waals surface area contributed by atoms with Crippen LogP contribution in [-0.4, -0.2) is 10.9 Å². The number of aryl methyl sites for hydroxylation is 1. The number of pyridine rings is 1. The van der Waals surface area contributed by atoms with E-state index in [9.17, 15) is 4.79 Å². The Balaban J connectivity index is 2.15. The molecular weight excluding hydrogens is 340 g/mol. The molecule has 1 aromatic carbocycles. The molecule has 0 fully saturated rings. The van der Waals surface area contributed by atoms with Crippen molar-refractivity contribution in [2.45, 2.75) is 19.9 Å². The normalized spacial score (nSPS) is 12.0. The topological polar surface area (TPSA) is 42.0 Å². The molecule has 1 unspecified atom stereocenters. The minimum absolute atomic E-state index is 0.114. The molecule has 0 saturated carbocycles. The van der Waals surface area contributed by atoms with E-state index in [1.165, 1.54) is 6.20 Å². The fourth-order valence-electron chi connectivity index (χ4n) is 1.83. The molecule has 1 amide bonds. The highest BCUT2D eigenvalue weighted by molar-refractivity contribution is 9.10. The molecule has 1 aromatic heterocycles. The van der Waals surface area contributed by atoms with Crippen LogP contribution in [0.2, 0.25) is 5.02 Å². The Labute approximate surface area is 131 Å². The molecule has 0 saturated heterocycles. The first-order chi connectivity index (χ1) is 9.47. The van der Waals surface area contributed by atoms with Gasteiger partial charge in [-0.05, 0) is 37.6 Å². The summed E-state index contributed by atoms with van der Waals surface area (Å²) >= 11 is 9.49. The molecule has 2 aromatic rings. The van der Waals surface area contributed by atoms with E-state index < -0.39 is 0 Å². The Morgan fingerprint density at radius 3 is 2.80 bits per heavy atom. The van der Waals surface area contributed by atoms with Crippen molar-refractivity contribution >= 4 is 33.4 Å². The second-order valence-corrected chi connectivity index (χ2v) is 5.88. The van der Waals surface area contributed by atoms with Crippen molar-refractivity contribution in [3.63, 3.8) is 0 Å². The number of halogens is 2. The fourth-order valence-corrected chi connectivity index (χ4v) is 2.54. The Hall–Kier alpha value is -1.39. The lowest BCUT2D eigenvalue weighted by Gasteiger charge is -2.15. The van der Waals surface area contributed by atoms with Crippen LogP contribution in [0.25, 0.3) is 0 Å². The zero-order valence-corrected chi connectivity index (χ0v) is 13.5. The highest BCUT2D eigenvalue weighted by Gasteiger charge is 2.15. The van der Waals surface area contributed by atoms with Crippen molar-refractivity contribution in [2.75, 3.05) is 0 Å². The third-order valence-electron chi connectivity index (χ3n) is 2.93. The first-order valence-electron chi connectivity index (χ1n) is 6.16. The smallest absolute Gasteiger partial charge is 0.254 e. The van der Waals surface area contributed by atoms with Crippen LogP contribution in [0.15, 0.2) is 41.0 Å². The van der Waals surface area contributed by atoms with E-state index in [0.717, 1.165) is 15.7 Å². The molecule has 1 heterocycles. The van der Waals surface area contributed by atoms with Gasteiger partial charge in [-0.15, -0.1) is 0 Å². The lowest BCUT2D eigenvalue weighted by atomic mass is 10.1. The van der Waals surface area contributed by atoms with Crippen molar-refractivity contribution < 1.29 is 4.79 Å². The highest BCUT2D eigenvalue weighted by atomic mass is 79.9. The van der Waals surface area contributed by atoms with Crippen LogP contribution in [-0.2, 0) is 0 Å². The van der Waals surface area contributed by atoms with Gasteiger partial charge in [-0.25, -0.2) is 0 Å². The number of aromatic nitrogens is 1. The molecule has 104 valence electrons. The molecule has 20 heavy (non-hydrogen) atoms. The first-order valence-corrected chi connectivity index (χ1v) is 7.33. The Morgan fingerprint density at radius 2 is 2.15 bits per heavy atom. The highest BCUT2D eigenvalue weighted by Crippen LogP contribution is 2.20. The van der Waals surface area contributed by atoms with Gasteiger partial charge in [0.15, 0.2) is 0 Å². The molecule has 1 N–H and O–H groups in total. The minimum atomic E-state index is -0.227. The molecular formula is C15H14BrClN2O. The molecule has 0 spiro atoms. The van der Waals surface area contributed by atoms with Crippen LogP contribution in [0, 0.1) is 6.92 Å². The average Bonchev–Trinajstić information content (AvgIpc) is 2.38. The van der Waals surface area contributed by atoms with Gasteiger partial charge in [-0.2, -0.15) is 0 Å². The van der Waals surface area contributed by atoms with Crippen LogP contribution in [0.4, 0.5) is 0 Å². The molecule has 0 radical (unpaired) electrons. The maximum Gasteiger partial charge on any atom is 0.254 e. The zero-order chi connectivity index (χ0) is 14.7. The summed E-state index contributed by atoms with van der Waals surface area (Å²) in [6.07, 6.45) is 1.50. The number of carbonyl (C=O) groups is 1. The van der Waals surface area contributed by atoms with E-state index in [4.69, 9.17) is 11.6 Å². The van der Waals surface area contributed by atoms with E-state index in [2.05, 4.69) is 26.2 Å². The third kappa shape index (κ3) is 3.58. The lowest BCUT2D eigenvalue weighted by Crippen LogP contribution is -2.27. The average molecular weight is 354 g/mol. The van der Waals surface area contributed by atoms with Crippen LogP contribution in [0.3, 0.4) is 0 Å². The van der Waals surface area contributed by atoms with E-state index in [0.29, 0.717) is 10.6 Å². The third-order valence-corrected chi connectivity index (χ3v) is 3.74. The summed E-state index contributed by atoms with van der Waals surface area (Å²) in [7, 11) is 0. The fraction of sp³-hybridized carbons (Fsp3) is 0.200. The molecule has 3 nitrogen and oxygen atoms in total. The largest absolute Gasteiger partial charge is 0.345 e. The predicted molar refractivity (Wildman–Crippen MR) is 84.0 cm³/mol. The van der Waals surface area contributed by atoms with Gasteiger partial charge in [0.05, 0.1) is 16.6 Å². The minimum Gasteiger partial charge on any atom is -0.345 e. The number of nitrogens with one attached hydrogen (secondary N) is 1. The van der Waals surface area contributed by atoms with Crippen LogP contribution in [0.5, 0.6) is 0 Å². The first kappa shape index (κ1) is 15.0. The van der Waals surface area contributed by atoms with Gasteiger partial charge < -0.3 is 5.32 Å². The summed E-state index contributed by atoms with van der Waals surface area (Å²) < 4.78 is 0.978. The summed E-state index contributed by atoms with van der Waals surface area (Å²) in [6.45, 7) is 3.76. The van der Waals surface area contributed by atoms with E-state index >= 15 is 0 Å². The van der Waals surface area contributed by atoms with Crippen LogP contribution < -0.4 is 5.32 Å². The standard InChI is InChI=1S/C15H14BrClN2O/c1-9-6-14(17)13(8-18-9)15(20)19-10(2)11-4-3-5-12(16)7-11/h3-8,10H,1-2H3,(H,19,20). The monoisotopic (exact) mass is 352 g/mol. The van der Waals surface area contributed by atoms with Crippen molar-refractivity contribution in [3.05, 3.63) is 62.8 Å². The van der Waals surface area contributed by atoms with Gasteiger partial charge in [0.2, 0.25) is 0 Å². The van der Waals surface area contributed by atoms with E-state index in [-0.39, 0.29) is 11.9 Å². The summed E-state index contributed by atoms with van der Waals surface area (Å²) in [5, 5.41) is 3.33. The Bertz CT molecular complexity index is 646. The van der Waals surface area contributed by atoms with Gasteiger partial charge in [0.1, 0.15) is 0 Å². The van der Waals surface area contributed by atoms with Crippen molar-refractivity contribution in [1.82, 2.24) is 10.3 Å². The molecule has 0 aliphatic heterocycles. The van der Waals surface area contributed by atoms with E-state index in [1.54, 1.807) is 6.07 Å². The van der Waals surface area contributed by atoms with Crippen molar-refractivity contribution in [1.29, 1.82) is 0 Å². The van der Waals surface area contributed by atoms with Crippen molar-refractivity contribution in [2.24, 2.45) is 0 Å². The predicted octanol–water partition coefficient (Wildman–Crippen LogP) is 4.30. The van der Waals surface area contributed by atoms with E-state index in [1.807, 2.05) is 38.1 Å². The SMILES string of the molecule is Cc1cc(Cl)c(C(=O)NC(C)c2cccc(Br)c2)cn1.